The second kappa shape index (κ2) is 2.77. The maximum atomic E-state index is 11.8. The van der Waals surface area contributed by atoms with E-state index in [2.05, 4.69) is 0 Å². The predicted molar refractivity (Wildman–Crippen MR) is 36.0 cm³/mol. The molecular formula is C5H7ClF3NO2. The van der Waals surface area contributed by atoms with Crippen LogP contribution in [0.3, 0.4) is 0 Å². The molecule has 1 aliphatic carbocycles. The van der Waals surface area contributed by atoms with Crippen LogP contribution < -0.4 is 5.73 Å². The Hall–Kier alpha value is -0.490. The van der Waals surface area contributed by atoms with Crippen LogP contribution in [0, 0.1) is 5.92 Å². The Kier molecular flexibility index (Phi) is 2.66. The first-order valence-electron chi connectivity index (χ1n) is 2.87. The minimum absolute atomic E-state index is 0. The number of hydrogen-bond acceptors (Lipinski definition) is 2. The molecule has 2 atom stereocenters. The number of aliphatic carboxylic acids is 1. The molecule has 0 aromatic rings. The first kappa shape index (κ1) is 11.5. The Labute approximate surface area is 72.1 Å². The van der Waals surface area contributed by atoms with Gasteiger partial charge in [0.05, 0.1) is 5.92 Å². The SMILES string of the molecule is Cl.N[C@@]1(C(=O)O)CC1C(F)(F)F. The average Bonchev–Trinajstić information content (AvgIpc) is 2.41. The lowest BCUT2D eigenvalue weighted by Crippen LogP contribution is -2.38. The quantitative estimate of drug-likeness (QED) is 0.665. The fourth-order valence-electron chi connectivity index (χ4n) is 0.923. The molecule has 0 amide bonds. The summed E-state index contributed by atoms with van der Waals surface area (Å²) in [6.45, 7) is 0. The van der Waals surface area contributed by atoms with Crippen LogP contribution >= 0.6 is 12.4 Å². The molecular weight excluding hydrogens is 199 g/mol. The number of rotatable bonds is 1. The molecule has 1 unspecified atom stereocenters. The van der Waals surface area contributed by atoms with Crippen molar-refractivity contribution in [2.45, 2.75) is 18.1 Å². The molecule has 0 spiro atoms. The van der Waals surface area contributed by atoms with Crippen molar-refractivity contribution in [1.82, 2.24) is 0 Å². The second-order valence-corrected chi connectivity index (χ2v) is 2.64. The van der Waals surface area contributed by atoms with E-state index >= 15 is 0 Å². The highest BCUT2D eigenvalue weighted by atomic mass is 35.5. The van der Waals surface area contributed by atoms with Gasteiger partial charge in [0.15, 0.2) is 0 Å². The lowest BCUT2D eigenvalue weighted by molar-refractivity contribution is -0.161. The maximum absolute atomic E-state index is 11.8. The van der Waals surface area contributed by atoms with Gasteiger partial charge in [-0.1, -0.05) is 0 Å². The molecule has 3 nitrogen and oxygen atoms in total. The van der Waals surface area contributed by atoms with Crippen molar-refractivity contribution >= 4 is 18.4 Å². The Morgan fingerprint density at radius 3 is 2.08 bits per heavy atom. The first-order chi connectivity index (χ1) is 4.78. The van der Waals surface area contributed by atoms with Gasteiger partial charge in [-0.05, 0) is 6.42 Å². The summed E-state index contributed by atoms with van der Waals surface area (Å²) in [5.74, 6) is -3.45. The van der Waals surface area contributed by atoms with E-state index in [-0.39, 0.29) is 12.4 Å². The fraction of sp³-hybridized carbons (Fsp3) is 0.800. The molecule has 1 rings (SSSR count). The van der Waals surface area contributed by atoms with E-state index in [1.807, 2.05) is 0 Å². The third-order valence-electron chi connectivity index (χ3n) is 1.80. The number of hydrogen-bond donors (Lipinski definition) is 2. The van der Waals surface area contributed by atoms with E-state index in [1.165, 1.54) is 0 Å². The molecule has 72 valence electrons. The second-order valence-electron chi connectivity index (χ2n) is 2.64. The van der Waals surface area contributed by atoms with Crippen LogP contribution in [0.15, 0.2) is 0 Å². The van der Waals surface area contributed by atoms with Crippen LogP contribution in [-0.2, 0) is 4.79 Å². The molecule has 0 aliphatic heterocycles. The number of alkyl halides is 3. The third kappa shape index (κ3) is 1.64. The lowest BCUT2D eigenvalue weighted by atomic mass is 10.2. The molecule has 0 aromatic heterocycles. The van der Waals surface area contributed by atoms with E-state index in [9.17, 15) is 18.0 Å². The van der Waals surface area contributed by atoms with Crippen molar-refractivity contribution in [2.75, 3.05) is 0 Å². The fourth-order valence-corrected chi connectivity index (χ4v) is 0.923. The highest BCUT2D eigenvalue weighted by Crippen LogP contribution is 2.51. The largest absolute Gasteiger partial charge is 0.480 e. The van der Waals surface area contributed by atoms with Crippen molar-refractivity contribution < 1.29 is 23.1 Å². The standard InChI is InChI=1S/C5H6F3NO2.ClH/c6-5(7,8)2-1-4(2,9)3(10)11;/h2H,1,9H2,(H,10,11);1H/t2?,4-;/m0./s1. The van der Waals surface area contributed by atoms with Gasteiger partial charge in [-0.2, -0.15) is 13.2 Å². The van der Waals surface area contributed by atoms with Crippen LogP contribution in [0.5, 0.6) is 0 Å². The molecule has 7 heteroatoms. The summed E-state index contributed by atoms with van der Waals surface area (Å²) in [5, 5.41) is 8.22. The van der Waals surface area contributed by atoms with Gasteiger partial charge in [0, 0.05) is 0 Å². The van der Waals surface area contributed by atoms with Crippen molar-refractivity contribution in [3.63, 3.8) is 0 Å². The van der Waals surface area contributed by atoms with Crippen LogP contribution in [-0.4, -0.2) is 22.8 Å². The minimum Gasteiger partial charge on any atom is -0.480 e. The molecule has 1 aliphatic rings. The van der Waals surface area contributed by atoms with Crippen molar-refractivity contribution in [3.05, 3.63) is 0 Å². The summed E-state index contributed by atoms with van der Waals surface area (Å²) in [5.41, 5.74) is 2.84. The zero-order valence-electron chi connectivity index (χ0n) is 5.76. The van der Waals surface area contributed by atoms with Crippen molar-refractivity contribution in [3.8, 4) is 0 Å². The number of halogens is 4. The zero-order chi connectivity index (χ0) is 8.86. The van der Waals surface area contributed by atoms with Crippen LogP contribution in [0.2, 0.25) is 0 Å². The van der Waals surface area contributed by atoms with E-state index in [1.54, 1.807) is 0 Å². The highest BCUT2D eigenvalue weighted by molar-refractivity contribution is 5.85. The van der Waals surface area contributed by atoms with Gasteiger partial charge in [0.1, 0.15) is 5.54 Å². The van der Waals surface area contributed by atoms with Crippen LogP contribution in [0.25, 0.3) is 0 Å². The van der Waals surface area contributed by atoms with Crippen molar-refractivity contribution in [2.24, 2.45) is 11.7 Å². The normalized spacial score (nSPS) is 33.8. The third-order valence-corrected chi connectivity index (χ3v) is 1.80. The average molecular weight is 206 g/mol. The molecule has 1 saturated carbocycles. The van der Waals surface area contributed by atoms with Gasteiger partial charge in [-0.3, -0.25) is 4.79 Å². The predicted octanol–water partition coefficient (Wildman–Crippen LogP) is 0.772. The van der Waals surface area contributed by atoms with Gasteiger partial charge in [-0.15, -0.1) is 12.4 Å². The molecule has 0 bridgehead atoms. The molecule has 0 saturated heterocycles. The Balaban J connectivity index is 0.00000121. The van der Waals surface area contributed by atoms with E-state index in [0.717, 1.165) is 0 Å². The maximum Gasteiger partial charge on any atom is 0.394 e. The molecule has 0 radical (unpaired) electrons. The van der Waals surface area contributed by atoms with Gasteiger partial charge in [-0.25, -0.2) is 0 Å². The topological polar surface area (TPSA) is 63.3 Å². The van der Waals surface area contributed by atoms with Gasteiger partial charge in [0.25, 0.3) is 0 Å². The number of carbonyl (C=O) groups is 1. The van der Waals surface area contributed by atoms with Gasteiger partial charge >= 0.3 is 12.1 Å². The van der Waals surface area contributed by atoms with Crippen molar-refractivity contribution in [1.29, 1.82) is 0 Å². The highest BCUT2D eigenvalue weighted by Gasteiger charge is 2.69. The molecule has 3 N–H and O–H groups in total. The zero-order valence-corrected chi connectivity index (χ0v) is 6.58. The molecule has 0 heterocycles. The van der Waals surface area contributed by atoms with Gasteiger partial charge in [0.2, 0.25) is 0 Å². The number of carboxylic acid groups (broad SMARTS) is 1. The summed E-state index contributed by atoms with van der Waals surface area (Å²) in [7, 11) is 0. The Morgan fingerprint density at radius 1 is 1.58 bits per heavy atom. The van der Waals surface area contributed by atoms with E-state index < -0.39 is 30.0 Å². The van der Waals surface area contributed by atoms with Crippen LogP contribution in [0.4, 0.5) is 13.2 Å². The van der Waals surface area contributed by atoms with Crippen LogP contribution in [0.1, 0.15) is 6.42 Å². The number of nitrogens with two attached hydrogens (primary N) is 1. The smallest absolute Gasteiger partial charge is 0.394 e. The monoisotopic (exact) mass is 205 g/mol. The summed E-state index contributed by atoms with van der Waals surface area (Å²) < 4.78 is 35.3. The first-order valence-corrected chi connectivity index (χ1v) is 2.87. The molecule has 1 fully saturated rings. The summed E-state index contributed by atoms with van der Waals surface area (Å²) in [6.07, 6.45) is -4.99. The summed E-state index contributed by atoms with van der Waals surface area (Å²) in [4.78, 5) is 10.1. The summed E-state index contributed by atoms with van der Waals surface area (Å²) >= 11 is 0. The Bertz CT molecular complexity index is 207. The van der Waals surface area contributed by atoms with Gasteiger partial charge < -0.3 is 10.8 Å². The van der Waals surface area contributed by atoms with E-state index in [0.29, 0.717) is 0 Å². The molecule has 12 heavy (non-hydrogen) atoms. The molecule has 0 aromatic carbocycles. The Morgan fingerprint density at radius 2 is 2.00 bits per heavy atom. The minimum atomic E-state index is -4.48. The van der Waals surface area contributed by atoms with E-state index in [4.69, 9.17) is 10.8 Å². The summed E-state index contributed by atoms with van der Waals surface area (Å²) in [6, 6.07) is 0. The lowest BCUT2D eigenvalue weighted by Gasteiger charge is -2.07. The number of carboxylic acids is 1.